The Kier molecular flexibility index (Phi) is 7.83. The molecule has 2 aliphatic rings. The van der Waals surface area contributed by atoms with E-state index in [1.54, 1.807) is 12.1 Å². The molecule has 0 radical (unpaired) electrons. The number of hydrogen-bond acceptors (Lipinski definition) is 6. The summed E-state index contributed by atoms with van der Waals surface area (Å²) in [7, 11) is 2.92. The van der Waals surface area contributed by atoms with Crippen molar-refractivity contribution >= 4 is 5.97 Å². The Morgan fingerprint density at radius 3 is 2.56 bits per heavy atom. The molecular formula is C27H30FNO5. The highest BCUT2D eigenvalue weighted by atomic mass is 19.1. The molecule has 0 spiro atoms. The summed E-state index contributed by atoms with van der Waals surface area (Å²) in [6.45, 7) is 0.210. The predicted octanol–water partition coefficient (Wildman–Crippen LogP) is 6.22. The lowest BCUT2D eigenvalue weighted by Gasteiger charge is -2.08. The molecule has 180 valence electrons. The van der Waals surface area contributed by atoms with Crippen LogP contribution in [-0.2, 0) is 22.6 Å². The molecule has 1 aromatic heterocycles. The second-order valence-corrected chi connectivity index (χ2v) is 8.56. The van der Waals surface area contributed by atoms with Crippen molar-refractivity contribution < 1.29 is 27.9 Å². The van der Waals surface area contributed by atoms with Crippen molar-refractivity contribution in [1.29, 1.82) is 0 Å². The van der Waals surface area contributed by atoms with Crippen LogP contribution in [0.25, 0.3) is 11.3 Å². The minimum Gasteiger partial charge on any atom is -0.497 e. The van der Waals surface area contributed by atoms with Gasteiger partial charge in [0.2, 0.25) is 0 Å². The molecule has 2 aromatic carbocycles. The number of carbonyl (C=O) groups is 1. The highest BCUT2D eigenvalue weighted by molar-refractivity contribution is 5.69. The van der Waals surface area contributed by atoms with E-state index in [4.69, 9.17) is 14.0 Å². The Bertz CT molecular complexity index is 1120. The zero-order valence-electron chi connectivity index (χ0n) is 19.6. The van der Waals surface area contributed by atoms with Crippen molar-refractivity contribution in [2.45, 2.75) is 57.5 Å². The van der Waals surface area contributed by atoms with E-state index in [-0.39, 0.29) is 24.3 Å². The molecule has 0 unspecified atom stereocenters. The van der Waals surface area contributed by atoms with Crippen LogP contribution >= 0.6 is 0 Å². The maximum absolute atomic E-state index is 14.5. The van der Waals surface area contributed by atoms with Crippen molar-refractivity contribution in [1.82, 2.24) is 5.16 Å². The minimum absolute atomic E-state index is 0.210. The van der Waals surface area contributed by atoms with Crippen LogP contribution in [0.5, 0.6) is 11.5 Å². The molecule has 7 heteroatoms. The van der Waals surface area contributed by atoms with Crippen LogP contribution in [0.2, 0.25) is 0 Å². The summed E-state index contributed by atoms with van der Waals surface area (Å²) in [4.78, 5) is 11.4. The Hall–Kier alpha value is -3.35. The highest BCUT2D eigenvalue weighted by Gasteiger charge is 2.34. The lowest BCUT2D eigenvalue weighted by molar-refractivity contribution is -0.140. The number of aryl methyl sites for hydroxylation is 1. The fourth-order valence-electron chi connectivity index (χ4n) is 3.52. The van der Waals surface area contributed by atoms with Crippen molar-refractivity contribution in [3.8, 4) is 22.8 Å². The van der Waals surface area contributed by atoms with Crippen molar-refractivity contribution in [2.75, 3.05) is 14.2 Å². The smallest absolute Gasteiger partial charge is 0.305 e. The third-order valence-electron chi connectivity index (χ3n) is 5.68. The second kappa shape index (κ2) is 11.2. The van der Waals surface area contributed by atoms with Gasteiger partial charge in [-0.05, 0) is 61.1 Å². The summed E-state index contributed by atoms with van der Waals surface area (Å²) in [6.07, 6.45) is 7.40. The predicted molar refractivity (Wildman–Crippen MR) is 125 cm³/mol. The van der Waals surface area contributed by atoms with E-state index in [1.165, 1.54) is 39.5 Å². The van der Waals surface area contributed by atoms with Crippen LogP contribution in [0.4, 0.5) is 4.39 Å². The van der Waals surface area contributed by atoms with E-state index in [0.29, 0.717) is 41.4 Å². The lowest BCUT2D eigenvalue weighted by atomic mass is 10.0. The number of carbonyl (C=O) groups excluding carboxylic acids is 1. The van der Waals surface area contributed by atoms with Crippen LogP contribution in [0, 0.1) is 5.82 Å². The molecule has 2 aliphatic carbocycles. The van der Waals surface area contributed by atoms with Gasteiger partial charge in [0.1, 0.15) is 29.6 Å². The highest BCUT2D eigenvalue weighted by Crippen LogP contribution is 2.47. The first-order valence-electron chi connectivity index (χ1n) is 11.7. The lowest BCUT2D eigenvalue weighted by Crippen LogP contribution is -2.02. The number of rotatable bonds is 9. The van der Waals surface area contributed by atoms with E-state index in [0.717, 1.165) is 24.0 Å². The van der Waals surface area contributed by atoms with Gasteiger partial charge in [-0.2, -0.15) is 0 Å². The molecule has 0 atom stereocenters. The van der Waals surface area contributed by atoms with Gasteiger partial charge in [-0.3, -0.25) is 4.79 Å². The first-order valence-corrected chi connectivity index (χ1v) is 11.7. The average Bonchev–Trinajstić information content (AvgIpc) is 3.79. The molecule has 0 aliphatic heterocycles. The quantitative estimate of drug-likeness (QED) is 0.348. The number of halogens is 1. The summed E-state index contributed by atoms with van der Waals surface area (Å²) in [5, 5.41) is 4.19. The molecule has 0 bridgehead atoms. The molecule has 34 heavy (non-hydrogen) atoms. The monoisotopic (exact) mass is 467 g/mol. The molecule has 3 aromatic rings. The average molecular weight is 468 g/mol. The van der Waals surface area contributed by atoms with Crippen molar-refractivity contribution in [3.05, 3.63) is 65.1 Å². The van der Waals surface area contributed by atoms with E-state index >= 15 is 0 Å². The Morgan fingerprint density at radius 2 is 1.88 bits per heavy atom. The SMILES string of the molecule is C1CC1.COC(=O)CCc1cccc(OCc2noc(-c3cc(OC)ccc3F)c2C2CC2)c1. The van der Waals surface area contributed by atoms with Crippen LogP contribution in [0.15, 0.2) is 47.0 Å². The molecular weight excluding hydrogens is 437 g/mol. The number of aromatic nitrogens is 1. The Balaban J connectivity index is 0.000000846. The maximum Gasteiger partial charge on any atom is 0.305 e. The Morgan fingerprint density at radius 1 is 1.09 bits per heavy atom. The molecule has 0 saturated heterocycles. The summed E-state index contributed by atoms with van der Waals surface area (Å²) >= 11 is 0. The zero-order chi connectivity index (χ0) is 23.9. The maximum atomic E-state index is 14.5. The molecule has 0 amide bonds. The Labute approximate surface area is 199 Å². The van der Waals surface area contributed by atoms with Gasteiger partial charge in [-0.1, -0.05) is 36.6 Å². The van der Waals surface area contributed by atoms with Crippen molar-refractivity contribution in [2.24, 2.45) is 0 Å². The topological polar surface area (TPSA) is 70.8 Å². The van der Waals surface area contributed by atoms with Gasteiger partial charge in [0, 0.05) is 12.0 Å². The summed E-state index contributed by atoms with van der Waals surface area (Å²) < 4.78 is 36.0. The summed E-state index contributed by atoms with van der Waals surface area (Å²) in [6, 6.07) is 12.1. The van der Waals surface area contributed by atoms with Crippen LogP contribution in [0.3, 0.4) is 0 Å². The van der Waals surface area contributed by atoms with Crippen LogP contribution < -0.4 is 9.47 Å². The van der Waals surface area contributed by atoms with E-state index in [9.17, 15) is 9.18 Å². The van der Waals surface area contributed by atoms with Gasteiger partial charge >= 0.3 is 5.97 Å². The van der Waals surface area contributed by atoms with Gasteiger partial charge in [0.05, 0.1) is 19.8 Å². The number of methoxy groups -OCH3 is 2. The van der Waals surface area contributed by atoms with E-state index in [1.807, 2.05) is 24.3 Å². The zero-order valence-corrected chi connectivity index (χ0v) is 19.6. The second-order valence-electron chi connectivity index (χ2n) is 8.56. The summed E-state index contributed by atoms with van der Waals surface area (Å²) in [5.41, 5.74) is 2.88. The standard InChI is InChI=1S/C24H24FNO5.C3H6/c1-28-17-9-10-20(25)19(13-17)24-23(16-7-8-16)21(26-31-24)14-30-18-5-3-4-15(12-18)6-11-22(27)29-2;1-2-3-1/h3-5,9-10,12-13,16H,6-8,11,14H2,1-2H3;1-3H2. The normalized spacial score (nSPS) is 14.1. The first-order chi connectivity index (χ1) is 16.6. The molecule has 2 saturated carbocycles. The van der Waals surface area contributed by atoms with Gasteiger partial charge in [-0.15, -0.1) is 0 Å². The van der Waals surface area contributed by atoms with Crippen LogP contribution in [-0.4, -0.2) is 25.3 Å². The van der Waals surface area contributed by atoms with Gasteiger partial charge in [-0.25, -0.2) is 4.39 Å². The third kappa shape index (κ3) is 6.37. The number of ether oxygens (including phenoxy) is 3. The van der Waals surface area contributed by atoms with Crippen LogP contribution in [0.1, 0.15) is 61.3 Å². The number of nitrogens with zero attached hydrogens (tertiary/aromatic N) is 1. The van der Waals surface area contributed by atoms with Gasteiger partial charge in [0.15, 0.2) is 5.76 Å². The molecule has 2 fully saturated rings. The fraction of sp³-hybridized carbons (Fsp3) is 0.407. The van der Waals surface area contributed by atoms with Gasteiger partial charge in [0.25, 0.3) is 0 Å². The molecule has 5 rings (SSSR count). The van der Waals surface area contributed by atoms with Crippen molar-refractivity contribution in [3.63, 3.8) is 0 Å². The number of esters is 1. The summed E-state index contributed by atoms with van der Waals surface area (Å²) in [5.74, 6) is 1.31. The fourth-order valence-corrected chi connectivity index (χ4v) is 3.52. The first kappa shape index (κ1) is 23.8. The van der Waals surface area contributed by atoms with E-state index in [2.05, 4.69) is 9.89 Å². The van der Waals surface area contributed by atoms with E-state index < -0.39 is 0 Å². The molecule has 6 nitrogen and oxygen atoms in total. The number of benzene rings is 2. The largest absolute Gasteiger partial charge is 0.497 e. The van der Waals surface area contributed by atoms with Gasteiger partial charge < -0.3 is 18.7 Å². The minimum atomic E-state index is -0.385. The number of hydrogen-bond donors (Lipinski definition) is 0. The molecule has 0 N–H and O–H groups in total. The molecule has 1 heterocycles. The third-order valence-corrected chi connectivity index (χ3v) is 5.68.